The van der Waals surface area contributed by atoms with Crippen LogP contribution in [-0.4, -0.2) is 19.4 Å². The fourth-order valence-corrected chi connectivity index (χ4v) is 4.49. The summed E-state index contributed by atoms with van der Waals surface area (Å²) in [6.07, 6.45) is 7.23. The summed E-state index contributed by atoms with van der Waals surface area (Å²) in [7, 11) is 0. The van der Waals surface area contributed by atoms with Gasteiger partial charge in [-0.1, -0.05) is 36.8 Å². The van der Waals surface area contributed by atoms with E-state index in [2.05, 4.69) is 15.5 Å². The molecule has 0 aliphatic heterocycles. The van der Waals surface area contributed by atoms with Crippen LogP contribution in [0.1, 0.15) is 36.6 Å². The Bertz CT molecular complexity index is 1470. The third-order valence-corrected chi connectivity index (χ3v) is 6.41. The van der Waals surface area contributed by atoms with Gasteiger partial charge in [0.25, 0.3) is 0 Å². The Balaban J connectivity index is 1.50. The van der Waals surface area contributed by atoms with Crippen LogP contribution < -0.4 is 16.2 Å². The van der Waals surface area contributed by atoms with Crippen LogP contribution >= 0.6 is 0 Å². The predicted octanol–water partition coefficient (Wildman–Crippen LogP) is 5.05. The van der Waals surface area contributed by atoms with Gasteiger partial charge in [-0.2, -0.15) is 0 Å². The Hall–Kier alpha value is -3.97. The van der Waals surface area contributed by atoms with Crippen LogP contribution in [0, 0.1) is 0 Å². The Morgan fingerprint density at radius 1 is 1.03 bits per heavy atom. The van der Waals surface area contributed by atoms with Gasteiger partial charge in [0, 0.05) is 41.9 Å². The number of nitrogens with two attached hydrogens (primary N) is 2. The number of ether oxygens (including phenoxy) is 1. The first kappa shape index (κ1) is 19.7. The van der Waals surface area contributed by atoms with Gasteiger partial charge >= 0.3 is 0 Å². The molecule has 7 nitrogen and oxygen atoms in total. The lowest BCUT2D eigenvalue weighted by Crippen LogP contribution is -2.12. The zero-order chi connectivity index (χ0) is 22.4. The monoisotopic (exact) mass is 436 g/mol. The van der Waals surface area contributed by atoms with E-state index in [1.807, 2.05) is 54.7 Å². The van der Waals surface area contributed by atoms with Gasteiger partial charge in [-0.05, 0) is 36.6 Å². The van der Waals surface area contributed by atoms with Gasteiger partial charge in [0.2, 0.25) is 5.88 Å². The van der Waals surface area contributed by atoms with Crippen LogP contribution in [0.2, 0.25) is 0 Å². The number of hydrogen-bond donors (Lipinski definition) is 2. The van der Waals surface area contributed by atoms with Gasteiger partial charge in [-0.3, -0.25) is 4.40 Å². The molecule has 1 fully saturated rings. The van der Waals surface area contributed by atoms with E-state index in [0.717, 1.165) is 57.7 Å². The molecule has 0 bridgehead atoms. The molecular formula is C26H24N6O. The first-order valence-corrected chi connectivity index (χ1v) is 11.2. The molecule has 4 N–H and O–H groups in total. The maximum absolute atomic E-state index is 6.31. The highest BCUT2D eigenvalue weighted by Gasteiger charge is 2.27. The molecule has 164 valence electrons. The summed E-state index contributed by atoms with van der Waals surface area (Å²) in [5.74, 6) is 3.23. The maximum atomic E-state index is 6.31. The van der Waals surface area contributed by atoms with Crippen molar-refractivity contribution in [2.24, 2.45) is 5.73 Å². The number of aromatic nitrogens is 4. The SMILES string of the molecule is NCc1cc(Oc2ccccc2)nc2cc(-c3nc(C4CCC4)n4ccnc(N)c34)ccc12. The highest BCUT2D eigenvalue weighted by atomic mass is 16.5. The van der Waals surface area contributed by atoms with E-state index in [1.54, 1.807) is 6.20 Å². The summed E-state index contributed by atoms with van der Waals surface area (Å²) in [6, 6.07) is 17.7. The van der Waals surface area contributed by atoms with E-state index >= 15 is 0 Å². The summed E-state index contributed by atoms with van der Waals surface area (Å²) in [6.45, 7) is 0.389. The van der Waals surface area contributed by atoms with Gasteiger partial charge in [-0.25, -0.2) is 15.0 Å². The molecule has 7 heteroatoms. The summed E-state index contributed by atoms with van der Waals surface area (Å²) in [5, 5.41) is 0.996. The lowest BCUT2D eigenvalue weighted by Gasteiger charge is -2.23. The molecule has 33 heavy (non-hydrogen) atoms. The third kappa shape index (κ3) is 3.37. The summed E-state index contributed by atoms with van der Waals surface area (Å²) in [5.41, 5.74) is 16.8. The van der Waals surface area contributed by atoms with E-state index in [9.17, 15) is 0 Å². The number of hydrogen-bond acceptors (Lipinski definition) is 6. The lowest BCUT2D eigenvalue weighted by atomic mass is 9.85. The van der Waals surface area contributed by atoms with Crippen molar-refractivity contribution < 1.29 is 4.74 Å². The number of benzene rings is 2. The fourth-order valence-electron chi connectivity index (χ4n) is 4.49. The van der Waals surface area contributed by atoms with Gasteiger partial charge in [-0.15, -0.1) is 0 Å². The van der Waals surface area contributed by atoms with Crippen LogP contribution in [0.5, 0.6) is 11.6 Å². The van der Waals surface area contributed by atoms with Crippen LogP contribution in [0.15, 0.2) is 67.0 Å². The number of anilines is 1. The normalized spacial score (nSPS) is 14.0. The number of rotatable bonds is 5. The highest BCUT2D eigenvalue weighted by Crippen LogP contribution is 2.39. The minimum absolute atomic E-state index is 0.389. The van der Waals surface area contributed by atoms with E-state index in [4.69, 9.17) is 26.2 Å². The molecule has 0 spiro atoms. The predicted molar refractivity (Wildman–Crippen MR) is 129 cm³/mol. The molecule has 1 aliphatic rings. The van der Waals surface area contributed by atoms with Crippen LogP contribution in [0.3, 0.4) is 0 Å². The van der Waals surface area contributed by atoms with Crippen molar-refractivity contribution in [1.82, 2.24) is 19.4 Å². The van der Waals surface area contributed by atoms with E-state index in [-0.39, 0.29) is 0 Å². The molecule has 0 atom stereocenters. The average Bonchev–Trinajstić information content (AvgIpc) is 3.18. The first-order valence-electron chi connectivity index (χ1n) is 11.2. The molecule has 1 saturated carbocycles. The fraction of sp³-hybridized carbons (Fsp3) is 0.192. The second kappa shape index (κ2) is 7.86. The van der Waals surface area contributed by atoms with Crippen molar-refractivity contribution in [3.8, 4) is 22.9 Å². The van der Waals surface area contributed by atoms with Gasteiger partial charge in [0.15, 0.2) is 0 Å². The largest absolute Gasteiger partial charge is 0.439 e. The second-order valence-electron chi connectivity index (χ2n) is 8.45. The Morgan fingerprint density at radius 2 is 1.88 bits per heavy atom. The van der Waals surface area contributed by atoms with Crippen molar-refractivity contribution in [2.75, 3.05) is 5.73 Å². The summed E-state index contributed by atoms with van der Waals surface area (Å²) in [4.78, 5) is 14.1. The molecule has 0 unspecified atom stereocenters. The summed E-state index contributed by atoms with van der Waals surface area (Å²) < 4.78 is 8.10. The molecule has 0 amide bonds. The number of fused-ring (bicyclic) bond motifs is 2. The number of para-hydroxylation sites is 1. The average molecular weight is 437 g/mol. The topological polar surface area (TPSA) is 104 Å². The van der Waals surface area contributed by atoms with Gasteiger partial charge in [0.1, 0.15) is 28.6 Å². The minimum atomic E-state index is 0.389. The molecule has 6 rings (SSSR count). The minimum Gasteiger partial charge on any atom is -0.439 e. The van der Waals surface area contributed by atoms with E-state index < -0.39 is 0 Å². The quantitative estimate of drug-likeness (QED) is 0.400. The number of imidazole rings is 1. The Kier molecular flexibility index (Phi) is 4.69. The number of pyridine rings is 1. The van der Waals surface area contributed by atoms with Crippen molar-refractivity contribution in [3.05, 3.63) is 78.4 Å². The lowest BCUT2D eigenvalue weighted by molar-refractivity contribution is 0.400. The van der Waals surface area contributed by atoms with E-state index in [1.165, 1.54) is 6.42 Å². The van der Waals surface area contributed by atoms with Crippen molar-refractivity contribution in [2.45, 2.75) is 31.7 Å². The van der Waals surface area contributed by atoms with Crippen molar-refractivity contribution in [1.29, 1.82) is 0 Å². The third-order valence-electron chi connectivity index (χ3n) is 6.41. The number of nitrogen functional groups attached to an aromatic ring is 1. The Morgan fingerprint density at radius 3 is 2.64 bits per heavy atom. The molecule has 5 aromatic rings. The molecule has 0 radical (unpaired) electrons. The van der Waals surface area contributed by atoms with Crippen LogP contribution in [0.25, 0.3) is 27.7 Å². The van der Waals surface area contributed by atoms with Gasteiger partial charge < -0.3 is 16.2 Å². The standard InChI is InChI=1S/C26H24N6O/c27-15-18-14-22(33-19-7-2-1-3-8-19)30-21-13-17(9-10-20(18)21)23-24-25(28)29-11-12-32(24)26(31-23)16-5-4-6-16/h1-3,7-14,16H,4-6,15,27H2,(H2,28,29). The molecule has 0 saturated heterocycles. The van der Waals surface area contributed by atoms with Crippen LogP contribution in [-0.2, 0) is 6.54 Å². The van der Waals surface area contributed by atoms with E-state index in [0.29, 0.717) is 24.2 Å². The first-order chi connectivity index (χ1) is 16.2. The molecule has 3 aromatic heterocycles. The zero-order valence-corrected chi connectivity index (χ0v) is 18.1. The Labute approximate surface area is 191 Å². The molecule has 2 aromatic carbocycles. The molecular weight excluding hydrogens is 412 g/mol. The molecule has 1 aliphatic carbocycles. The van der Waals surface area contributed by atoms with Crippen molar-refractivity contribution >= 4 is 22.2 Å². The molecule has 3 heterocycles. The van der Waals surface area contributed by atoms with Crippen LogP contribution in [0.4, 0.5) is 5.82 Å². The zero-order valence-electron chi connectivity index (χ0n) is 18.1. The highest BCUT2D eigenvalue weighted by molar-refractivity contribution is 5.92. The van der Waals surface area contributed by atoms with Gasteiger partial charge in [0.05, 0.1) is 5.52 Å². The summed E-state index contributed by atoms with van der Waals surface area (Å²) >= 11 is 0. The second-order valence-corrected chi connectivity index (χ2v) is 8.45. The maximum Gasteiger partial charge on any atom is 0.220 e. The van der Waals surface area contributed by atoms with Crippen molar-refractivity contribution in [3.63, 3.8) is 0 Å². The smallest absolute Gasteiger partial charge is 0.220 e. The number of nitrogens with zero attached hydrogens (tertiary/aromatic N) is 4.